The molecule has 30 heavy (non-hydrogen) atoms. The van der Waals surface area contributed by atoms with Crippen LogP contribution in [0.2, 0.25) is 5.02 Å². The number of piperazine rings is 1. The standard InChI is InChI=1S/C21H18BrClN4O3/c22-15-4-5-18-17(11-15)21(30)27(13-24-18)12-19(28)25-6-8-26(9-7-25)20(29)14-2-1-3-16(23)10-14/h1-5,10-11,13H,6-9,12H2. The predicted octanol–water partition coefficient (Wildman–Crippen LogP) is 2.80. The van der Waals surface area contributed by atoms with Gasteiger partial charge in [-0.15, -0.1) is 0 Å². The van der Waals surface area contributed by atoms with Crippen LogP contribution >= 0.6 is 27.5 Å². The molecule has 0 radical (unpaired) electrons. The first kappa shape index (κ1) is 20.6. The van der Waals surface area contributed by atoms with Gasteiger partial charge in [-0.1, -0.05) is 33.6 Å². The molecule has 1 saturated heterocycles. The van der Waals surface area contributed by atoms with Gasteiger partial charge in [0, 0.05) is 41.2 Å². The summed E-state index contributed by atoms with van der Waals surface area (Å²) in [6.07, 6.45) is 1.40. The molecule has 7 nitrogen and oxygen atoms in total. The van der Waals surface area contributed by atoms with E-state index in [9.17, 15) is 14.4 Å². The predicted molar refractivity (Wildman–Crippen MR) is 118 cm³/mol. The molecule has 9 heteroatoms. The average molecular weight is 490 g/mol. The van der Waals surface area contributed by atoms with Gasteiger partial charge in [-0.25, -0.2) is 4.98 Å². The molecular formula is C21H18BrClN4O3. The van der Waals surface area contributed by atoms with Crippen LogP contribution in [0.1, 0.15) is 10.4 Å². The molecule has 0 saturated carbocycles. The lowest BCUT2D eigenvalue weighted by Gasteiger charge is -2.35. The number of carbonyl (C=O) groups excluding carboxylic acids is 2. The summed E-state index contributed by atoms with van der Waals surface area (Å²) in [5, 5.41) is 0.966. The van der Waals surface area contributed by atoms with E-state index in [0.717, 1.165) is 4.47 Å². The number of benzene rings is 2. The monoisotopic (exact) mass is 488 g/mol. The van der Waals surface area contributed by atoms with Crippen LogP contribution in [-0.4, -0.2) is 57.3 Å². The highest BCUT2D eigenvalue weighted by Gasteiger charge is 2.25. The number of halogens is 2. The molecule has 1 aliphatic heterocycles. The smallest absolute Gasteiger partial charge is 0.261 e. The Labute approximate surface area is 186 Å². The Morgan fingerprint density at radius 3 is 2.50 bits per heavy atom. The molecule has 1 aromatic heterocycles. The number of carbonyl (C=O) groups is 2. The third-order valence-corrected chi connectivity index (χ3v) is 5.81. The van der Waals surface area contributed by atoms with E-state index in [2.05, 4.69) is 20.9 Å². The first-order chi connectivity index (χ1) is 14.4. The summed E-state index contributed by atoms with van der Waals surface area (Å²) in [4.78, 5) is 45.7. The van der Waals surface area contributed by atoms with E-state index in [1.54, 1.807) is 46.2 Å². The van der Waals surface area contributed by atoms with Gasteiger partial charge >= 0.3 is 0 Å². The number of amides is 2. The SMILES string of the molecule is O=C(Cn1cnc2ccc(Br)cc2c1=O)N1CCN(C(=O)c2cccc(Cl)c2)CC1. The summed E-state index contributed by atoms with van der Waals surface area (Å²) >= 11 is 9.32. The minimum absolute atomic E-state index is 0.0868. The Hall–Kier alpha value is -2.71. The van der Waals surface area contributed by atoms with Crippen LogP contribution in [0.25, 0.3) is 10.9 Å². The minimum atomic E-state index is -0.260. The minimum Gasteiger partial charge on any atom is -0.338 e. The van der Waals surface area contributed by atoms with Crippen molar-refractivity contribution in [3.8, 4) is 0 Å². The second-order valence-electron chi connectivity index (χ2n) is 7.02. The molecule has 2 heterocycles. The number of hydrogen-bond donors (Lipinski definition) is 0. The van der Waals surface area contributed by atoms with Gasteiger partial charge in [0.05, 0.1) is 17.2 Å². The molecule has 1 fully saturated rings. The highest BCUT2D eigenvalue weighted by Crippen LogP contribution is 2.16. The van der Waals surface area contributed by atoms with E-state index >= 15 is 0 Å². The first-order valence-corrected chi connectivity index (χ1v) is 10.6. The van der Waals surface area contributed by atoms with E-state index in [-0.39, 0.29) is 23.9 Å². The van der Waals surface area contributed by atoms with E-state index in [1.807, 2.05) is 6.07 Å². The third kappa shape index (κ3) is 4.24. The lowest BCUT2D eigenvalue weighted by Crippen LogP contribution is -2.51. The molecule has 2 amide bonds. The van der Waals surface area contributed by atoms with Crippen molar-refractivity contribution in [2.24, 2.45) is 0 Å². The summed E-state index contributed by atoms with van der Waals surface area (Å²) in [5.74, 6) is -0.284. The second-order valence-corrected chi connectivity index (χ2v) is 8.37. The largest absolute Gasteiger partial charge is 0.338 e. The number of hydrogen-bond acceptors (Lipinski definition) is 4. The molecule has 0 bridgehead atoms. The average Bonchev–Trinajstić information content (AvgIpc) is 2.75. The highest BCUT2D eigenvalue weighted by atomic mass is 79.9. The zero-order chi connectivity index (χ0) is 21.3. The molecule has 0 atom stereocenters. The molecule has 154 valence electrons. The molecule has 0 aliphatic carbocycles. The fourth-order valence-electron chi connectivity index (χ4n) is 3.45. The molecule has 0 spiro atoms. The molecule has 2 aromatic carbocycles. The normalized spacial score (nSPS) is 14.2. The Balaban J connectivity index is 1.41. The van der Waals surface area contributed by atoms with E-state index < -0.39 is 0 Å². The van der Waals surface area contributed by atoms with Gasteiger partial charge in [-0.05, 0) is 36.4 Å². The van der Waals surface area contributed by atoms with Crippen LogP contribution in [0, 0.1) is 0 Å². The van der Waals surface area contributed by atoms with Crippen molar-refractivity contribution < 1.29 is 9.59 Å². The van der Waals surface area contributed by atoms with Crippen molar-refractivity contribution in [1.82, 2.24) is 19.4 Å². The second kappa shape index (κ2) is 8.57. The van der Waals surface area contributed by atoms with Crippen LogP contribution in [0.3, 0.4) is 0 Å². The number of rotatable bonds is 3. The van der Waals surface area contributed by atoms with Gasteiger partial charge < -0.3 is 9.80 Å². The number of aromatic nitrogens is 2. The maximum absolute atomic E-state index is 12.7. The molecule has 0 unspecified atom stereocenters. The Kier molecular flexibility index (Phi) is 5.87. The van der Waals surface area contributed by atoms with Gasteiger partial charge in [0.25, 0.3) is 11.5 Å². The summed E-state index contributed by atoms with van der Waals surface area (Å²) < 4.78 is 2.10. The van der Waals surface area contributed by atoms with E-state index in [4.69, 9.17) is 11.6 Å². The molecule has 1 aliphatic rings. The Morgan fingerprint density at radius 1 is 1.03 bits per heavy atom. The summed E-state index contributed by atoms with van der Waals surface area (Å²) in [7, 11) is 0. The molecule has 4 rings (SSSR count). The van der Waals surface area contributed by atoms with Gasteiger partial charge in [0.2, 0.25) is 5.91 Å². The zero-order valence-corrected chi connectivity index (χ0v) is 18.3. The Morgan fingerprint density at radius 2 is 1.77 bits per heavy atom. The van der Waals surface area contributed by atoms with Crippen molar-refractivity contribution in [3.05, 3.63) is 74.2 Å². The maximum Gasteiger partial charge on any atom is 0.261 e. The van der Waals surface area contributed by atoms with Gasteiger partial charge in [0.15, 0.2) is 0 Å². The van der Waals surface area contributed by atoms with Crippen LogP contribution in [0.5, 0.6) is 0 Å². The lowest BCUT2D eigenvalue weighted by atomic mass is 10.2. The van der Waals surface area contributed by atoms with Crippen LogP contribution in [-0.2, 0) is 11.3 Å². The van der Waals surface area contributed by atoms with Crippen LogP contribution in [0.4, 0.5) is 0 Å². The maximum atomic E-state index is 12.7. The van der Waals surface area contributed by atoms with E-state index in [1.165, 1.54) is 10.9 Å². The number of nitrogens with zero attached hydrogens (tertiary/aromatic N) is 4. The van der Waals surface area contributed by atoms with Crippen molar-refractivity contribution >= 4 is 50.2 Å². The van der Waals surface area contributed by atoms with Crippen LogP contribution in [0.15, 0.2) is 58.1 Å². The Bertz CT molecular complexity index is 1190. The van der Waals surface area contributed by atoms with Crippen molar-refractivity contribution in [2.75, 3.05) is 26.2 Å². The molecule has 3 aromatic rings. The van der Waals surface area contributed by atoms with Crippen molar-refractivity contribution in [1.29, 1.82) is 0 Å². The van der Waals surface area contributed by atoms with Crippen LogP contribution < -0.4 is 5.56 Å². The van der Waals surface area contributed by atoms with Crippen molar-refractivity contribution in [3.63, 3.8) is 0 Å². The topological polar surface area (TPSA) is 75.5 Å². The molecule has 0 N–H and O–H groups in total. The van der Waals surface area contributed by atoms with E-state index in [0.29, 0.717) is 47.7 Å². The lowest BCUT2D eigenvalue weighted by molar-refractivity contribution is -0.133. The first-order valence-electron chi connectivity index (χ1n) is 9.40. The quantitative estimate of drug-likeness (QED) is 0.567. The third-order valence-electron chi connectivity index (χ3n) is 5.08. The van der Waals surface area contributed by atoms with Gasteiger partial charge in [-0.3, -0.25) is 19.0 Å². The fourth-order valence-corrected chi connectivity index (χ4v) is 4.00. The number of fused-ring (bicyclic) bond motifs is 1. The summed E-state index contributed by atoms with van der Waals surface area (Å²) in [6.45, 7) is 1.58. The van der Waals surface area contributed by atoms with Gasteiger partial charge in [0.1, 0.15) is 6.54 Å². The summed E-state index contributed by atoms with van der Waals surface area (Å²) in [6, 6.07) is 12.1. The summed E-state index contributed by atoms with van der Waals surface area (Å²) in [5.41, 5.74) is 0.853. The highest BCUT2D eigenvalue weighted by molar-refractivity contribution is 9.10. The molecular weight excluding hydrogens is 472 g/mol. The fraction of sp³-hybridized carbons (Fsp3) is 0.238. The van der Waals surface area contributed by atoms with Crippen molar-refractivity contribution in [2.45, 2.75) is 6.54 Å². The van der Waals surface area contributed by atoms with Gasteiger partial charge in [-0.2, -0.15) is 0 Å². The zero-order valence-electron chi connectivity index (χ0n) is 15.9.